The highest BCUT2D eigenvalue weighted by molar-refractivity contribution is 7.20. The molecule has 0 aliphatic heterocycles. The quantitative estimate of drug-likeness (QED) is 0.240. The second kappa shape index (κ2) is 10.2. The molecule has 1 aliphatic carbocycles. The number of hydrogen-bond acceptors (Lipinski definition) is 4. The van der Waals surface area contributed by atoms with Gasteiger partial charge in [-0.3, -0.25) is 10.1 Å². The minimum Gasteiger partial charge on any atom is -0.481 e. The van der Waals surface area contributed by atoms with Gasteiger partial charge < -0.3 is 9.84 Å². The van der Waals surface area contributed by atoms with Gasteiger partial charge >= 0.3 is 12.1 Å². The fourth-order valence-electron chi connectivity index (χ4n) is 4.47. The van der Waals surface area contributed by atoms with Gasteiger partial charge in [0.25, 0.3) is 0 Å². The number of amides is 1. The number of carboxylic acid groups (broad SMARTS) is 1. The van der Waals surface area contributed by atoms with Crippen LogP contribution >= 0.6 is 34.5 Å². The van der Waals surface area contributed by atoms with Crippen LogP contribution in [-0.2, 0) is 14.9 Å². The number of thiophene rings is 1. The molecule has 1 aromatic heterocycles. The number of aliphatic carboxylic acids is 1. The number of anilines is 1. The van der Waals surface area contributed by atoms with Gasteiger partial charge in [-0.25, -0.2) is 4.79 Å². The number of carbonyl (C=O) groups is 2. The van der Waals surface area contributed by atoms with Crippen molar-refractivity contribution < 1.29 is 19.4 Å². The number of rotatable bonds is 7. The van der Waals surface area contributed by atoms with Gasteiger partial charge in [0, 0.05) is 16.1 Å². The van der Waals surface area contributed by atoms with Crippen molar-refractivity contribution in [3.63, 3.8) is 0 Å². The number of carboxylic acids is 1. The van der Waals surface area contributed by atoms with Crippen molar-refractivity contribution in [2.75, 3.05) is 5.32 Å². The van der Waals surface area contributed by atoms with Gasteiger partial charge in [0.2, 0.25) is 0 Å². The van der Waals surface area contributed by atoms with E-state index in [1.807, 2.05) is 60.7 Å². The normalized spacial score (nSPS) is 14.6. The van der Waals surface area contributed by atoms with Crippen LogP contribution in [-0.4, -0.2) is 17.2 Å². The maximum absolute atomic E-state index is 12.9. The molecular formula is C29H23Cl2NO4S. The topological polar surface area (TPSA) is 75.6 Å². The average Bonchev–Trinajstić information content (AvgIpc) is 3.62. The zero-order valence-electron chi connectivity index (χ0n) is 19.8. The molecule has 1 aliphatic rings. The third-order valence-corrected chi connectivity index (χ3v) is 8.27. The summed E-state index contributed by atoms with van der Waals surface area (Å²) in [6.07, 6.45) is -0.0335. The Balaban J connectivity index is 1.51. The van der Waals surface area contributed by atoms with Crippen LogP contribution in [0.1, 0.15) is 37.0 Å². The minimum absolute atomic E-state index is 0.480. The maximum Gasteiger partial charge on any atom is 0.412 e. The van der Waals surface area contributed by atoms with Crippen molar-refractivity contribution in [3.05, 3.63) is 99.3 Å². The summed E-state index contributed by atoms with van der Waals surface area (Å²) in [5.74, 6) is -0.828. The highest BCUT2D eigenvalue weighted by Gasteiger charge is 2.51. The molecular weight excluding hydrogens is 529 g/mol. The molecule has 1 saturated carbocycles. The van der Waals surface area contributed by atoms with Gasteiger partial charge in [0.05, 0.1) is 20.3 Å². The summed E-state index contributed by atoms with van der Waals surface area (Å²) in [5, 5.41) is 13.2. The molecule has 37 heavy (non-hydrogen) atoms. The Morgan fingerprint density at radius 3 is 2.35 bits per heavy atom. The van der Waals surface area contributed by atoms with E-state index >= 15 is 0 Å². The summed E-state index contributed by atoms with van der Waals surface area (Å²) in [5.41, 5.74) is 3.72. The van der Waals surface area contributed by atoms with Crippen LogP contribution < -0.4 is 5.32 Å². The second-order valence-electron chi connectivity index (χ2n) is 9.00. The maximum atomic E-state index is 12.9. The van der Waals surface area contributed by atoms with E-state index < -0.39 is 23.6 Å². The molecule has 1 fully saturated rings. The van der Waals surface area contributed by atoms with Crippen LogP contribution in [0.5, 0.6) is 0 Å². The van der Waals surface area contributed by atoms with E-state index in [9.17, 15) is 14.7 Å². The van der Waals surface area contributed by atoms with Crippen molar-refractivity contribution in [2.45, 2.75) is 31.3 Å². The lowest BCUT2D eigenvalue weighted by molar-refractivity contribution is -0.140. The molecule has 1 heterocycles. The van der Waals surface area contributed by atoms with E-state index in [4.69, 9.17) is 27.9 Å². The lowest BCUT2D eigenvalue weighted by atomic mass is 9.89. The van der Waals surface area contributed by atoms with Crippen LogP contribution in [0.2, 0.25) is 9.36 Å². The Morgan fingerprint density at radius 2 is 1.68 bits per heavy atom. The van der Waals surface area contributed by atoms with Crippen LogP contribution in [0, 0.1) is 0 Å². The van der Waals surface area contributed by atoms with Gasteiger partial charge in [0.15, 0.2) is 0 Å². The summed E-state index contributed by atoms with van der Waals surface area (Å²) in [7, 11) is 0. The molecule has 1 atom stereocenters. The SMILES string of the molecule is CC(OC(=O)Nc1cc(Cl)sc1-c1cc(C2(C(=O)O)CC2)ccc1-c1ccccc1)c1ccccc1Cl. The fourth-order valence-corrected chi connectivity index (χ4v) is 5.97. The molecule has 4 aromatic rings. The average molecular weight is 552 g/mol. The number of ether oxygens (including phenoxy) is 1. The number of halogens is 2. The van der Waals surface area contributed by atoms with Gasteiger partial charge in [-0.05, 0) is 54.7 Å². The van der Waals surface area contributed by atoms with E-state index in [0.717, 1.165) is 22.3 Å². The summed E-state index contributed by atoms with van der Waals surface area (Å²) in [6, 6.07) is 24.4. The first-order valence-electron chi connectivity index (χ1n) is 11.7. The smallest absolute Gasteiger partial charge is 0.412 e. The number of nitrogens with one attached hydrogen (secondary N) is 1. The van der Waals surface area contributed by atoms with Gasteiger partial charge in [-0.15, -0.1) is 11.3 Å². The molecule has 0 bridgehead atoms. The number of carbonyl (C=O) groups excluding carboxylic acids is 1. The Bertz CT molecular complexity index is 1480. The molecule has 3 aromatic carbocycles. The largest absolute Gasteiger partial charge is 0.481 e. The zero-order chi connectivity index (χ0) is 26.2. The van der Waals surface area contributed by atoms with Crippen LogP contribution in [0.3, 0.4) is 0 Å². The molecule has 188 valence electrons. The molecule has 0 radical (unpaired) electrons. The monoisotopic (exact) mass is 551 g/mol. The molecule has 5 rings (SSSR count). The van der Waals surface area contributed by atoms with E-state index in [0.29, 0.717) is 38.3 Å². The Morgan fingerprint density at radius 1 is 0.973 bits per heavy atom. The van der Waals surface area contributed by atoms with Crippen LogP contribution in [0.4, 0.5) is 10.5 Å². The predicted molar refractivity (Wildman–Crippen MR) is 149 cm³/mol. The lowest BCUT2D eigenvalue weighted by Crippen LogP contribution is -2.19. The summed E-state index contributed by atoms with van der Waals surface area (Å²) in [4.78, 5) is 25.7. The summed E-state index contributed by atoms with van der Waals surface area (Å²) < 4.78 is 6.08. The Kier molecular flexibility index (Phi) is 6.99. The van der Waals surface area contributed by atoms with Crippen LogP contribution in [0.25, 0.3) is 21.6 Å². The van der Waals surface area contributed by atoms with E-state index in [2.05, 4.69) is 5.32 Å². The Hall–Kier alpha value is -3.32. The molecule has 2 N–H and O–H groups in total. The summed E-state index contributed by atoms with van der Waals surface area (Å²) >= 11 is 14.0. The molecule has 1 unspecified atom stereocenters. The van der Waals surface area contributed by atoms with Crippen molar-refractivity contribution in [1.82, 2.24) is 0 Å². The van der Waals surface area contributed by atoms with E-state index in [1.54, 1.807) is 25.1 Å². The van der Waals surface area contributed by atoms with Gasteiger partial charge in [-0.2, -0.15) is 0 Å². The first kappa shape index (κ1) is 25.3. The minimum atomic E-state index is -0.873. The molecule has 8 heteroatoms. The number of hydrogen-bond donors (Lipinski definition) is 2. The highest BCUT2D eigenvalue weighted by Crippen LogP contribution is 2.51. The van der Waals surface area contributed by atoms with Crippen LogP contribution in [0.15, 0.2) is 78.9 Å². The van der Waals surface area contributed by atoms with Crippen molar-refractivity contribution in [2.24, 2.45) is 0 Å². The van der Waals surface area contributed by atoms with Crippen molar-refractivity contribution in [1.29, 1.82) is 0 Å². The van der Waals surface area contributed by atoms with E-state index in [1.165, 1.54) is 11.3 Å². The fraction of sp³-hybridized carbons (Fsp3) is 0.172. The third kappa shape index (κ3) is 5.10. The van der Waals surface area contributed by atoms with E-state index in [-0.39, 0.29) is 0 Å². The highest BCUT2D eigenvalue weighted by atomic mass is 35.5. The number of benzene rings is 3. The summed E-state index contributed by atoms with van der Waals surface area (Å²) in [6.45, 7) is 1.75. The first-order valence-corrected chi connectivity index (χ1v) is 13.3. The first-order chi connectivity index (χ1) is 17.8. The Labute approximate surface area is 228 Å². The van der Waals surface area contributed by atoms with Gasteiger partial charge in [0.1, 0.15) is 6.10 Å². The standard InChI is InChI=1S/C29H23Cl2NO4S/c1-17(20-9-5-6-10-23(20)30)36-28(35)32-24-16-25(31)37-26(24)22-15-19(29(13-14-29)27(33)34)11-12-21(22)18-7-3-2-4-8-18/h2-12,15-17H,13-14H2,1H3,(H,32,35)(H,33,34). The third-order valence-electron chi connectivity index (χ3n) is 6.63. The lowest BCUT2D eigenvalue weighted by Gasteiger charge is -2.18. The predicted octanol–water partition coefficient (Wildman–Crippen LogP) is 8.81. The molecule has 0 spiro atoms. The van der Waals surface area contributed by atoms with Crippen molar-refractivity contribution in [3.8, 4) is 21.6 Å². The zero-order valence-corrected chi connectivity index (χ0v) is 22.2. The molecule has 0 saturated heterocycles. The van der Waals surface area contributed by atoms with Crippen molar-refractivity contribution >= 4 is 52.3 Å². The molecule has 5 nitrogen and oxygen atoms in total. The second-order valence-corrected chi connectivity index (χ2v) is 11.1. The molecule has 1 amide bonds. The van der Waals surface area contributed by atoms with Gasteiger partial charge in [-0.1, -0.05) is 83.9 Å².